The Morgan fingerprint density at radius 1 is 1.33 bits per heavy atom. The predicted octanol–water partition coefficient (Wildman–Crippen LogP) is 3.06. The SMILES string of the molecule is CCOc1cc(-c2nc(CC)c(C(=N)N)s2)ccc1OC. The number of hydrogen-bond donors (Lipinski definition) is 2. The van der Waals surface area contributed by atoms with Gasteiger partial charge in [-0.2, -0.15) is 0 Å². The lowest BCUT2D eigenvalue weighted by Crippen LogP contribution is -2.11. The van der Waals surface area contributed by atoms with Gasteiger partial charge in [0.05, 0.1) is 24.3 Å². The van der Waals surface area contributed by atoms with Crippen molar-refractivity contribution >= 4 is 17.2 Å². The Bertz CT molecular complexity index is 652. The Kier molecular flexibility index (Phi) is 4.80. The van der Waals surface area contributed by atoms with Crippen LogP contribution in [-0.4, -0.2) is 24.5 Å². The van der Waals surface area contributed by atoms with Crippen LogP contribution in [0.1, 0.15) is 24.4 Å². The summed E-state index contributed by atoms with van der Waals surface area (Å²) in [6, 6.07) is 5.70. The first-order valence-electron chi connectivity index (χ1n) is 6.76. The summed E-state index contributed by atoms with van der Waals surface area (Å²) >= 11 is 1.43. The van der Waals surface area contributed by atoms with Gasteiger partial charge in [0.25, 0.3) is 0 Å². The molecular formula is C15H19N3O2S. The van der Waals surface area contributed by atoms with Crippen molar-refractivity contribution in [1.29, 1.82) is 5.41 Å². The molecule has 0 saturated carbocycles. The highest BCUT2D eigenvalue weighted by Gasteiger charge is 2.15. The second kappa shape index (κ2) is 6.58. The second-order valence-corrected chi connectivity index (χ2v) is 5.36. The summed E-state index contributed by atoms with van der Waals surface area (Å²) in [5, 5.41) is 8.46. The highest BCUT2D eigenvalue weighted by Crippen LogP contribution is 2.35. The van der Waals surface area contributed by atoms with E-state index in [2.05, 4.69) is 4.98 Å². The predicted molar refractivity (Wildman–Crippen MR) is 85.7 cm³/mol. The molecule has 0 unspecified atom stereocenters. The molecule has 0 fully saturated rings. The minimum Gasteiger partial charge on any atom is -0.493 e. The van der Waals surface area contributed by atoms with E-state index in [9.17, 15) is 0 Å². The number of nitrogens with one attached hydrogen (secondary N) is 1. The maximum Gasteiger partial charge on any atom is 0.161 e. The molecule has 0 aliphatic heterocycles. The first-order chi connectivity index (χ1) is 10.1. The number of nitrogens with zero attached hydrogens (tertiary/aromatic N) is 1. The molecule has 2 rings (SSSR count). The van der Waals surface area contributed by atoms with E-state index in [-0.39, 0.29) is 5.84 Å². The van der Waals surface area contributed by atoms with Crippen molar-refractivity contribution in [2.75, 3.05) is 13.7 Å². The molecule has 3 N–H and O–H groups in total. The van der Waals surface area contributed by atoms with Gasteiger partial charge in [-0.25, -0.2) is 4.98 Å². The zero-order chi connectivity index (χ0) is 15.4. The Morgan fingerprint density at radius 3 is 2.62 bits per heavy atom. The second-order valence-electron chi connectivity index (χ2n) is 4.36. The van der Waals surface area contributed by atoms with Crippen molar-refractivity contribution in [3.8, 4) is 22.1 Å². The van der Waals surface area contributed by atoms with Gasteiger partial charge in [-0.3, -0.25) is 5.41 Å². The van der Waals surface area contributed by atoms with Crippen molar-refractivity contribution in [3.05, 3.63) is 28.8 Å². The lowest BCUT2D eigenvalue weighted by atomic mass is 10.2. The van der Waals surface area contributed by atoms with Crippen LogP contribution in [0.25, 0.3) is 10.6 Å². The molecule has 0 spiro atoms. The van der Waals surface area contributed by atoms with Crippen LogP contribution < -0.4 is 15.2 Å². The van der Waals surface area contributed by atoms with Crippen molar-refractivity contribution in [2.45, 2.75) is 20.3 Å². The molecule has 21 heavy (non-hydrogen) atoms. The van der Waals surface area contributed by atoms with Crippen LogP contribution in [0.15, 0.2) is 18.2 Å². The van der Waals surface area contributed by atoms with E-state index in [1.165, 1.54) is 11.3 Å². The van der Waals surface area contributed by atoms with E-state index in [1.807, 2.05) is 32.0 Å². The Morgan fingerprint density at radius 2 is 2.10 bits per heavy atom. The number of amidine groups is 1. The lowest BCUT2D eigenvalue weighted by molar-refractivity contribution is 0.311. The number of nitrogen functional groups attached to an aromatic ring is 1. The van der Waals surface area contributed by atoms with Crippen LogP contribution >= 0.6 is 11.3 Å². The molecule has 0 bridgehead atoms. The summed E-state index contributed by atoms with van der Waals surface area (Å²) in [6.45, 7) is 4.50. The van der Waals surface area contributed by atoms with E-state index in [0.717, 1.165) is 27.6 Å². The van der Waals surface area contributed by atoms with Gasteiger partial charge in [0.2, 0.25) is 0 Å². The standard InChI is InChI=1S/C15H19N3O2S/c1-4-10-13(14(16)17)21-15(18-10)9-6-7-11(19-3)12(8-9)20-5-2/h6-8H,4-5H2,1-3H3,(H3,16,17). The quantitative estimate of drug-likeness (QED) is 0.635. The number of hydrogen-bond acceptors (Lipinski definition) is 5. The fourth-order valence-electron chi connectivity index (χ4n) is 2.00. The molecule has 112 valence electrons. The number of thiazole rings is 1. The molecule has 0 atom stereocenters. The Labute approximate surface area is 128 Å². The summed E-state index contributed by atoms with van der Waals surface area (Å²) in [5.41, 5.74) is 7.41. The average Bonchev–Trinajstić information content (AvgIpc) is 2.92. The summed E-state index contributed by atoms with van der Waals surface area (Å²) < 4.78 is 10.9. The van der Waals surface area contributed by atoms with Crippen molar-refractivity contribution in [3.63, 3.8) is 0 Å². The van der Waals surface area contributed by atoms with Gasteiger partial charge < -0.3 is 15.2 Å². The van der Waals surface area contributed by atoms with Crippen molar-refractivity contribution in [1.82, 2.24) is 4.98 Å². The van der Waals surface area contributed by atoms with Crippen LogP contribution in [0.4, 0.5) is 0 Å². The molecule has 1 heterocycles. The van der Waals surface area contributed by atoms with Crippen LogP contribution in [0.2, 0.25) is 0 Å². The molecule has 0 amide bonds. The van der Waals surface area contributed by atoms with Crippen LogP contribution in [0, 0.1) is 5.41 Å². The number of methoxy groups -OCH3 is 1. The molecule has 1 aromatic heterocycles. The normalized spacial score (nSPS) is 10.4. The van der Waals surface area contributed by atoms with Gasteiger partial charge in [0, 0.05) is 5.56 Å². The maximum absolute atomic E-state index is 7.63. The van der Waals surface area contributed by atoms with E-state index >= 15 is 0 Å². The number of ether oxygens (including phenoxy) is 2. The molecule has 0 saturated heterocycles. The molecule has 1 aromatic carbocycles. The van der Waals surface area contributed by atoms with Gasteiger partial charge in [-0.15, -0.1) is 11.3 Å². The van der Waals surface area contributed by atoms with E-state index in [0.29, 0.717) is 18.1 Å². The number of nitrogens with two attached hydrogens (primary N) is 1. The van der Waals surface area contributed by atoms with E-state index in [1.54, 1.807) is 7.11 Å². The monoisotopic (exact) mass is 305 g/mol. The maximum atomic E-state index is 7.63. The average molecular weight is 305 g/mol. The zero-order valence-electron chi connectivity index (χ0n) is 12.4. The van der Waals surface area contributed by atoms with Gasteiger partial charge in [-0.1, -0.05) is 6.92 Å². The number of aryl methyl sites for hydroxylation is 1. The molecule has 2 aromatic rings. The lowest BCUT2D eigenvalue weighted by Gasteiger charge is -2.10. The third kappa shape index (κ3) is 3.16. The third-order valence-corrected chi connectivity index (χ3v) is 4.17. The third-order valence-electron chi connectivity index (χ3n) is 2.99. The topological polar surface area (TPSA) is 81.2 Å². The number of aromatic nitrogens is 1. The fraction of sp³-hybridized carbons (Fsp3) is 0.333. The van der Waals surface area contributed by atoms with Gasteiger partial charge in [-0.05, 0) is 31.5 Å². The molecule has 0 aliphatic rings. The first kappa shape index (κ1) is 15.3. The summed E-state index contributed by atoms with van der Waals surface area (Å²) in [7, 11) is 1.62. The van der Waals surface area contributed by atoms with E-state index in [4.69, 9.17) is 20.6 Å². The molecule has 5 nitrogen and oxygen atoms in total. The number of benzene rings is 1. The minimum atomic E-state index is 0.0640. The Balaban J connectivity index is 2.46. The van der Waals surface area contributed by atoms with Gasteiger partial charge in [0.1, 0.15) is 10.8 Å². The summed E-state index contributed by atoms with van der Waals surface area (Å²) in [5.74, 6) is 1.45. The van der Waals surface area contributed by atoms with Gasteiger partial charge >= 0.3 is 0 Å². The minimum absolute atomic E-state index is 0.0640. The highest BCUT2D eigenvalue weighted by atomic mass is 32.1. The zero-order valence-corrected chi connectivity index (χ0v) is 13.2. The van der Waals surface area contributed by atoms with Crippen LogP contribution in [-0.2, 0) is 6.42 Å². The summed E-state index contributed by atoms with van der Waals surface area (Å²) in [6.07, 6.45) is 0.750. The smallest absolute Gasteiger partial charge is 0.161 e. The van der Waals surface area contributed by atoms with Crippen molar-refractivity contribution in [2.24, 2.45) is 5.73 Å². The van der Waals surface area contributed by atoms with Gasteiger partial charge in [0.15, 0.2) is 11.5 Å². The molecular weight excluding hydrogens is 286 g/mol. The fourth-order valence-corrected chi connectivity index (χ4v) is 3.02. The number of rotatable bonds is 6. The Hall–Kier alpha value is -2.08. The molecule has 6 heteroatoms. The van der Waals surface area contributed by atoms with Crippen molar-refractivity contribution < 1.29 is 9.47 Å². The first-order valence-corrected chi connectivity index (χ1v) is 7.57. The molecule has 0 radical (unpaired) electrons. The summed E-state index contributed by atoms with van der Waals surface area (Å²) in [4.78, 5) is 5.32. The van der Waals surface area contributed by atoms with E-state index < -0.39 is 0 Å². The van der Waals surface area contributed by atoms with Crippen LogP contribution in [0.3, 0.4) is 0 Å². The highest BCUT2D eigenvalue weighted by molar-refractivity contribution is 7.17. The largest absolute Gasteiger partial charge is 0.493 e. The molecule has 0 aliphatic carbocycles. The van der Waals surface area contributed by atoms with Crippen LogP contribution in [0.5, 0.6) is 11.5 Å².